The predicted molar refractivity (Wildman–Crippen MR) is 203 cm³/mol. The van der Waals surface area contributed by atoms with Crippen LogP contribution in [0.5, 0.6) is 0 Å². The highest BCUT2D eigenvalue weighted by Gasteiger charge is 2.16. The number of para-hydroxylation sites is 4. The van der Waals surface area contributed by atoms with Crippen LogP contribution in [0.3, 0.4) is 0 Å². The number of benzene rings is 6. The number of nitrogens with zero attached hydrogens (tertiary/aromatic N) is 6. The van der Waals surface area contributed by atoms with Gasteiger partial charge < -0.3 is 8.83 Å². The summed E-state index contributed by atoms with van der Waals surface area (Å²) in [6, 6.07) is 48.0. The Morgan fingerprint density at radius 1 is 0.365 bits per heavy atom. The minimum atomic E-state index is 0.552. The van der Waals surface area contributed by atoms with E-state index in [1.807, 2.05) is 116 Å². The van der Waals surface area contributed by atoms with Gasteiger partial charge in [0.15, 0.2) is 28.6 Å². The Hall–Kier alpha value is -7.32. The monoisotopic (exact) mass is 670 g/mol. The van der Waals surface area contributed by atoms with Gasteiger partial charge in [0.2, 0.25) is 11.8 Å². The van der Waals surface area contributed by atoms with Crippen LogP contribution >= 0.6 is 0 Å². The summed E-state index contributed by atoms with van der Waals surface area (Å²) in [5.41, 5.74) is 9.62. The lowest BCUT2D eigenvalue weighted by Gasteiger charge is -2.10. The van der Waals surface area contributed by atoms with Gasteiger partial charge >= 0.3 is 0 Å². The Kier molecular flexibility index (Phi) is 6.95. The number of fused-ring (bicyclic) bond motifs is 3. The van der Waals surface area contributed by atoms with Gasteiger partial charge in [0.25, 0.3) is 0 Å². The molecule has 10 aromatic rings. The van der Waals surface area contributed by atoms with E-state index in [0.717, 1.165) is 71.9 Å². The molecule has 0 radical (unpaired) electrons. The standard InChI is InChI=1S/C44H26N6O2/c1-3-10-38-36(8-1)46-43(51-38)32-20-16-30(17-21-32)41-48-40(29-14-12-28(13-15-29)34-7-5-6-27-24-25-45-26-35(27)34)49-42(50-41)31-18-22-33(23-19-31)44-47-37-9-2-4-11-39(37)52-44/h1-26H. The van der Waals surface area contributed by atoms with Crippen LogP contribution in [0.25, 0.3) is 101 Å². The number of hydrogen-bond acceptors (Lipinski definition) is 8. The highest BCUT2D eigenvalue weighted by Crippen LogP contribution is 2.33. The molecule has 0 aliphatic carbocycles. The minimum Gasteiger partial charge on any atom is -0.436 e. The summed E-state index contributed by atoms with van der Waals surface area (Å²) in [6.07, 6.45) is 3.73. The Morgan fingerprint density at radius 2 is 0.827 bits per heavy atom. The highest BCUT2D eigenvalue weighted by molar-refractivity contribution is 5.96. The van der Waals surface area contributed by atoms with E-state index in [1.165, 1.54) is 0 Å². The van der Waals surface area contributed by atoms with Crippen molar-refractivity contribution in [2.24, 2.45) is 0 Å². The summed E-state index contributed by atoms with van der Waals surface area (Å²) in [5, 5.41) is 2.25. The molecule has 0 unspecified atom stereocenters. The zero-order valence-electron chi connectivity index (χ0n) is 27.5. The summed E-state index contributed by atoms with van der Waals surface area (Å²) in [5.74, 6) is 2.79. The van der Waals surface area contributed by atoms with Crippen LogP contribution < -0.4 is 0 Å². The van der Waals surface area contributed by atoms with Crippen molar-refractivity contribution in [2.75, 3.05) is 0 Å². The fourth-order valence-electron chi connectivity index (χ4n) is 6.44. The molecule has 8 nitrogen and oxygen atoms in total. The molecule has 6 aromatic carbocycles. The molecular weight excluding hydrogens is 645 g/mol. The smallest absolute Gasteiger partial charge is 0.227 e. The Bertz CT molecular complexity index is 2690. The molecule has 244 valence electrons. The summed E-state index contributed by atoms with van der Waals surface area (Å²) >= 11 is 0. The minimum absolute atomic E-state index is 0.552. The number of aromatic nitrogens is 6. The summed E-state index contributed by atoms with van der Waals surface area (Å²) in [6.45, 7) is 0. The average Bonchev–Trinajstić information content (AvgIpc) is 3.86. The normalized spacial score (nSPS) is 11.5. The first kappa shape index (κ1) is 29.6. The second kappa shape index (κ2) is 12.2. The second-order valence-electron chi connectivity index (χ2n) is 12.4. The molecule has 10 rings (SSSR count). The first-order chi connectivity index (χ1) is 25.7. The maximum Gasteiger partial charge on any atom is 0.227 e. The third-order valence-electron chi connectivity index (χ3n) is 9.14. The molecule has 0 atom stereocenters. The molecule has 0 spiro atoms. The number of oxazole rings is 2. The van der Waals surface area contributed by atoms with Crippen molar-refractivity contribution in [1.82, 2.24) is 29.9 Å². The van der Waals surface area contributed by atoms with Gasteiger partial charge in [-0.25, -0.2) is 24.9 Å². The first-order valence-corrected chi connectivity index (χ1v) is 16.8. The molecule has 52 heavy (non-hydrogen) atoms. The van der Waals surface area contributed by atoms with Gasteiger partial charge in [0.05, 0.1) is 0 Å². The lowest BCUT2D eigenvalue weighted by atomic mass is 9.98. The zero-order valence-corrected chi connectivity index (χ0v) is 27.5. The van der Waals surface area contributed by atoms with Gasteiger partial charge in [-0.05, 0) is 71.1 Å². The number of pyridine rings is 1. The molecule has 0 aliphatic rings. The van der Waals surface area contributed by atoms with E-state index in [2.05, 4.69) is 57.4 Å². The van der Waals surface area contributed by atoms with Crippen molar-refractivity contribution in [3.8, 4) is 68.2 Å². The van der Waals surface area contributed by atoms with Gasteiger partial charge in [-0.15, -0.1) is 0 Å². The van der Waals surface area contributed by atoms with Crippen LogP contribution in [-0.4, -0.2) is 29.9 Å². The second-order valence-corrected chi connectivity index (χ2v) is 12.4. The Balaban J connectivity index is 1.04. The van der Waals surface area contributed by atoms with E-state index >= 15 is 0 Å². The van der Waals surface area contributed by atoms with E-state index < -0.39 is 0 Å². The van der Waals surface area contributed by atoms with E-state index in [1.54, 1.807) is 0 Å². The SMILES string of the molecule is c1cc(-c2ccc(-c3nc(-c4ccc(-c5nc6ccccc6o5)cc4)nc(-c4ccc(-c5nc6ccccc6o5)cc4)n3)cc2)c2cnccc2c1. The highest BCUT2D eigenvalue weighted by atomic mass is 16.4. The van der Waals surface area contributed by atoms with Gasteiger partial charge in [0, 0.05) is 45.6 Å². The molecule has 0 saturated heterocycles. The Labute approximate surface area is 297 Å². The molecule has 0 N–H and O–H groups in total. The molecule has 0 bridgehead atoms. The molecule has 0 amide bonds. The van der Waals surface area contributed by atoms with E-state index in [4.69, 9.17) is 23.8 Å². The third-order valence-corrected chi connectivity index (χ3v) is 9.14. The summed E-state index contributed by atoms with van der Waals surface area (Å²) in [4.78, 5) is 28.6. The van der Waals surface area contributed by atoms with Gasteiger partial charge in [0.1, 0.15) is 11.0 Å². The topological polar surface area (TPSA) is 104 Å². The van der Waals surface area contributed by atoms with E-state index in [9.17, 15) is 0 Å². The van der Waals surface area contributed by atoms with Gasteiger partial charge in [-0.2, -0.15) is 0 Å². The number of hydrogen-bond donors (Lipinski definition) is 0. The lowest BCUT2D eigenvalue weighted by molar-refractivity contribution is 0.619. The quantitative estimate of drug-likeness (QED) is 0.172. The van der Waals surface area contributed by atoms with Crippen LogP contribution in [0.2, 0.25) is 0 Å². The van der Waals surface area contributed by atoms with Crippen molar-refractivity contribution in [3.05, 3.63) is 158 Å². The van der Waals surface area contributed by atoms with E-state index in [0.29, 0.717) is 29.3 Å². The maximum absolute atomic E-state index is 6.01. The third kappa shape index (κ3) is 5.35. The molecule has 4 aromatic heterocycles. The van der Waals surface area contributed by atoms with Crippen LogP contribution in [0.1, 0.15) is 0 Å². The van der Waals surface area contributed by atoms with Crippen molar-refractivity contribution < 1.29 is 8.83 Å². The molecule has 0 aliphatic heterocycles. The molecular formula is C44H26N6O2. The maximum atomic E-state index is 6.01. The summed E-state index contributed by atoms with van der Waals surface area (Å²) < 4.78 is 12.0. The predicted octanol–water partition coefficient (Wildman–Crippen LogP) is 10.7. The van der Waals surface area contributed by atoms with Crippen molar-refractivity contribution in [1.29, 1.82) is 0 Å². The van der Waals surface area contributed by atoms with Crippen LogP contribution in [-0.2, 0) is 0 Å². The first-order valence-electron chi connectivity index (χ1n) is 16.8. The van der Waals surface area contributed by atoms with Gasteiger partial charge in [-0.3, -0.25) is 4.98 Å². The fraction of sp³-hybridized carbons (Fsp3) is 0. The fourth-order valence-corrected chi connectivity index (χ4v) is 6.44. The van der Waals surface area contributed by atoms with Crippen LogP contribution in [0.4, 0.5) is 0 Å². The van der Waals surface area contributed by atoms with E-state index in [-0.39, 0.29) is 0 Å². The van der Waals surface area contributed by atoms with Crippen molar-refractivity contribution in [3.63, 3.8) is 0 Å². The largest absolute Gasteiger partial charge is 0.436 e. The molecule has 4 heterocycles. The molecule has 0 fully saturated rings. The summed E-state index contributed by atoms with van der Waals surface area (Å²) in [7, 11) is 0. The average molecular weight is 671 g/mol. The molecule has 8 heteroatoms. The van der Waals surface area contributed by atoms with Crippen LogP contribution in [0, 0.1) is 0 Å². The van der Waals surface area contributed by atoms with Crippen molar-refractivity contribution >= 4 is 33.0 Å². The Morgan fingerprint density at radius 3 is 1.33 bits per heavy atom. The van der Waals surface area contributed by atoms with Crippen molar-refractivity contribution in [2.45, 2.75) is 0 Å². The zero-order chi connectivity index (χ0) is 34.4. The number of rotatable bonds is 6. The molecule has 0 saturated carbocycles. The lowest BCUT2D eigenvalue weighted by Crippen LogP contribution is -2.00. The van der Waals surface area contributed by atoms with Gasteiger partial charge in [-0.1, -0.05) is 91.0 Å². The van der Waals surface area contributed by atoms with Crippen LogP contribution in [0.15, 0.2) is 167 Å².